The maximum Gasteiger partial charge on any atom is 0.00965 e. The molecule has 0 aromatic heterocycles. The van der Waals surface area contributed by atoms with E-state index in [0.29, 0.717) is 0 Å². The van der Waals surface area contributed by atoms with Gasteiger partial charge in [0.2, 0.25) is 0 Å². The van der Waals surface area contributed by atoms with Crippen molar-refractivity contribution in [1.29, 1.82) is 0 Å². The minimum Gasteiger partial charge on any atom is -0.312 e. The summed E-state index contributed by atoms with van der Waals surface area (Å²) in [7, 11) is 0. The summed E-state index contributed by atoms with van der Waals surface area (Å²) < 4.78 is 0. The highest BCUT2D eigenvalue weighted by Gasteiger charge is 2.07. The summed E-state index contributed by atoms with van der Waals surface area (Å²) in [5.41, 5.74) is 0.277. The number of nitrogens with one attached hydrogen (secondary N) is 1. The van der Waals surface area contributed by atoms with Gasteiger partial charge in [-0.25, -0.2) is 0 Å². The predicted octanol–water partition coefficient (Wildman–Crippen LogP) is 4.06. The van der Waals surface area contributed by atoms with Crippen LogP contribution in [-0.2, 0) is 0 Å². The lowest BCUT2D eigenvalue weighted by atomic mass is 10.1. The van der Waals surface area contributed by atoms with Crippen LogP contribution < -0.4 is 5.32 Å². The van der Waals surface area contributed by atoms with E-state index < -0.39 is 0 Å². The molecule has 0 rings (SSSR count). The van der Waals surface area contributed by atoms with Crippen LogP contribution in [0.3, 0.4) is 0 Å². The minimum atomic E-state index is 0.277. The molecule has 0 spiro atoms. The van der Waals surface area contributed by atoms with Gasteiger partial charge in [0.05, 0.1) is 0 Å². The lowest BCUT2D eigenvalue weighted by Gasteiger charge is -2.21. The second-order valence-corrected chi connectivity index (χ2v) is 6.43. The lowest BCUT2D eigenvalue weighted by molar-refractivity contribution is 0.267. The molecule has 0 heterocycles. The Morgan fingerprint density at radius 1 is 0.778 bits per heavy atom. The molecule has 0 aromatic rings. The molecule has 0 saturated carbocycles. The standard InChI is InChI=1S/C16H36N2/c1-6-13-18(14-7-2)15-11-9-8-10-12-17-16(3,4)5/h17H,6-15H2,1-5H3. The molecule has 0 fully saturated rings. The molecule has 110 valence electrons. The number of hydrogen-bond acceptors (Lipinski definition) is 2. The summed E-state index contributed by atoms with van der Waals surface area (Å²) in [6.07, 6.45) is 8.02. The van der Waals surface area contributed by atoms with Crippen molar-refractivity contribution in [3.8, 4) is 0 Å². The van der Waals surface area contributed by atoms with Crippen LogP contribution in [-0.4, -0.2) is 36.6 Å². The molecular weight excluding hydrogens is 220 g/mol. The molecule has 1 N–H and O–H groups in total. The minimum absolute atomic E-state index is 0.277. The molecular formula is C16H36N2. The molecule has 0 aliphatic heterocycles. The zero-order valence-electron chi connectivity index (χ0n) is 13.5. The second kappa shape index (κ2) is 10.8. The van der Waals surface area contributed by atoms with E-state index in [1.807, 2.05) is 0 Å². The molecule has 2 nitrogen and oxygen atoms in total. The van der Waals surface area contributed by atoms with Gasteiger partial charge in [0.15, 0.2) is 0 Å². The summed E-state index contributed by atoms with van der Waals surface area (Å²) >= 11 is 0. The van der Waals surface area contributed by atoms with E-state index >= 15 is 0 Å². The summed E-state index contributed by atoms with van der Waals surface area (Å²) in [6, 6.07) is 0. The van der Waals surface area contributed by atoms with Crippen LogP contribution in [0.15, 0.2) is 0 Å². The molecule has 0 saturated heterocycles. The fraction of sp³-hybridized carbons (Fsp3) is 1.00. The smallest absolute Gasteiger partial charge is 0.00965 e. The average molecular weight is 256 g/mol. The van der Waals surface area contributed by atoms with Gasteiger partial charge in [-0.05, 0) is 72.6 Å². The first kappa shape index (κ1) is 17.9. The van der Waals surface area contributed by atoms with Crippen molar-refractivity contribution in [2.45, 2.75) is 78.7 Å². The van der Waals surface area contributed by atoms with Gasteiger partial charge in [-0.2, -0.15) is 0 Å². The van der Waals surface area contributed by atoms with Gasteiger partial charge in [0, 0.05) is 5.54 Å². The molecule has 0 aromatic carbocycles. The van der Waals surface area contributed by atoms with Crippen LogP contribution in [0.25, 0.3) is 0 Å². The Labute approximate surface area is 116 Å². The van der Waals surface area contributed by atoms with Crippen LogP contribution in [0.2, 0.25) is 0 Å². The van der Waals surface area contributed by atoms with E-state index in [1.54, 1.807) is 0 Å². The first-order chi connectivity index (χ1) is 8.49. The van der Waals surface area contributed by atoms with Crippen LogP contribution in [0.5, 0.6) is 0 Å². The number of rotatable bonds is 11. The fourth-order valence-corrected chi connectivity index (χ4v) is 2.25. The van der Waals surface area contributed by atoms with Crippen LogP contribution in [0.1, 0.15) is 73.1 Å². The average Bonchev–Trinajstić information content (AvgIpc) is 2.26. The van der Waals surface area contributed by atoms with Crippen LogP contribution >= 0.6 is 0 Å². The number of nitrogens with zero attached hydrogens (tertiary/aromatic N) is 1. The normalized spacial score (nSPS) is 12.3. The van der Waals surface area contributed by atoms with E-state index in [1.165, 1.54) is 58.2 Å². The van der Waals surface area contributed by atoms with Crippen molar-refractivity contribution >= 4 is 0 Å². The van der Waals surface area contributed by atoms with E-state index in [2.05, 4.69) is 44.8 Å². The van der Waals surface area contributed by atoms with Gasteiger partial charge in [-0.15, -0.1) is 0 Å². The Hall–Kier alpha value is -0.0800. The molecule has 0 unspecified atom stereocenters. The van der Waals surface area contributed by atoms with Crippen LogP contribution in [0, 0.1) is 0 Å². The quantitative estimate of drug-likeness (QED) is 0.561. The number of unbranched alkanes of at least 4 members (excludes halogenated alkanes) is 3. The summed E-state index contributed by atoms with van der Waals surface area (Å²) in [5, 5.41) is 3.55. The molecule has 0 aliphatic rings. The molecule has 0 bridgehead atoms. The Kier molecular flexibility index (Phi) is 10.8. The summed E-state index contributed by atoms with van der Waals surface area (Å²) in [5.74, 6) is 0. The third-order valence-corrected chi connectivity index (χ3v) is 3.14. The zero-order chi connectivity index (χ0) is 13.9. The zero-order valence-corrected chi connectivity index (χ0v) is 13.5. The third-order valence-electron chi connectivity index (χ3n) is 3.14. The Balaban J connectivity index is 3.37. The maximum atomic E-state index is 3.55. The first-order valence-corrected chi connectivity index (χ1v) is 7.97. The molecule has 0 amide bonds. The highest BCUT2D eigenvalue weighted by Crippen LogP contribution is 2.04. The molecule has 2 heteroatoms. The van der Waals surface area contributed by atoms with E-state index in [9.17, 15) is 0 Å². The largest absolute Gasteiger partial charge is 0.312 e. The van der Waals surface area contributed by atoms with Gasteiger partial charge < -0.3 is 10.2 Å². The fourth-order valence-electron chi connectivity index (χ4n) is 2.25. The van der Waals surface area contributed by atoms with Gasteiger partial charge in [-0.1, -0.05) is 26.7 Å². The molecule has 18 heavy (non-hydrogen) atoms. The maximum absolute atomic E-state index is 3.55. The third kappa shape index (κ3) is 12.4. The van der Waals surface area contributed by atoms with E-state index in [-0.39, 0.29) is 5.54 Å². The summed E-state index contributed by atoms with van der Waals surface area (Å²) in [6.45, 7) is 16.3. The van der Waals surface area contributed by atoms with E-state index in [0.717, 1.165) is 6.54 Å². The van der Waals surface area contributed by atoms with E-state index in [4.69, 9.17) is 0 Å². The highest BCUT2D eigenvalue weighted by molar-refractivity contribution is 4.69. The van der Waals surface area contributed by atoms with Crippen molar-refractivity contribution in [2.24, 2.45) is 0 Å². The molecule has 0 radical (unpaired) electrons. The van der Waals surface area contributed by atoms with Gasteiger partial charge >= 0.3 is 0 Å². The predicted molar refractivity (Wildman–Crippen MR) is 83.2 cm³/mol. The highest BCUT2D eigenvalue weighted by atomic mass is 15.1. The number of hydrogen-bond donors (Lipinski definition) is 1. The molecule has 0 aliphatic carbocycles. The lowest BCUT2D eigenvalue weighted by Crippen LogP contribution is -2.36. The second-order valence-electron chi connectivity index (χ2n) is 6.43. The van der Waals surface area contributed by atoms with Crippen molar-refractivity contribution in [2.75, 3.05) is 26.2 Å². The topological polar surface area (TPSA) is 15.3 Å². The summed E-state index contributed by atoms with van der Waals surface area (Å²) in [4.78, 5) is 2.62. The Bertz CT molecular complexity index is 166. The SMILES string of the molecule is CCCN(CCC)CCCCCCNC(C)(C)C. The van der Waals surface area contributed by atoms with Gasteiger partial charge in [0.25, 0.3) is 0 Å². The Morgan fingerprint density at radius 3 is 1.83 bits per heavy atom. The Morgan fingerprint density at radius 2 is 1.33 bits per heavy atom. The van der Waals surface area contributed by atoms with Crippen molar-refractivity contribution < 1.29 is 0 Å². The first-order valence-electron chi connectivity index (χ1n) is 7.97. The molecule has 0 atom stereocenters. The van der Waals surface area contributed by atoms with Crippen LogP contribution in [0.4, 0.5) is 0 Å². The van der Waals surface area contributed by atoms with Crippen molar-refractivity contribution in [3.05, 3.63) is 0 Å². The van der Waals surface area contributed by atoms with Crippen molar-refractivity contribution in [3.63, 3.8) is 0 Å². The monoisotopic (exact) mass is 256 g/mol. The van der Waals surface area contributed by atoms with Gasteiger partial charge in [0.1, 0.15) is 0 Å². The van der Waals surface area contributed by atoms with Crippen molar-refractivity contribution in [1.82, 2.24) is 10.2 Å². The van der Waals surface area contributed by atoms with Gasteiger partial charge in [-0.3, -0.25) is 0 Å².